The molecule has 0 fully saturated rings. The molecular weight excluding hydrogens is 366 g/mol. The smallest absolute Gasteiger partial charge is 0.335 e. The normalized spacial score (nSPS) is 10.9. The molecule has 0 radical (unpaired) electrons. The van der Waals surface area contributed by atoms with Gasteiger partial charge in [-0.15, -0.1) is 0 Å². The van der Waals surface area contributed by atoms with Gasteiger partial charge in [0.2, 0.25) is 0 Å². The number of carbonyl (C=O) groups is 1. The second-order valence-corrected chi connectivity index (χ2v) is 6.73. The van der Waals surface area contributed by atoms with Crippen LogP contribution in [0, 0.1) is 13.8 Å². The number of hydrogen-bond donors (Lipinski definition) is 1. The molecular formula is C24H23NO4. The predicted octanol–water partition coefficient (Wildman–Crippen LogP) is 5.34. The first-order valence-corrected chi connectivity index (χ1v) is 9.20. The number of aromatic carboxylic acids is 1. The van der Waals surface area contributed by atoms with Crippen molar-refractivity contribution in [1.82, 2.24) is 0 Å². The summed E-state index contributed by atoms with van der Waals surface area (Å²) >= 11 is 0. The fourth-order valence-corrected chi connectivity index (χ4v) is 2.74. The molecule has 0 saturated carbocycles. The Morgan fingerprint density at radius 2 is 1.72 bits per heavy atom. The molecule has 0 aromatic heterocycles. The molecule has 0 amide bonds. The van der Waals surface area contributed by atoms with Crippen LogP contribution in [-0.4, -0.2) is 24.4 Å². The Labute approximate surface area is 170 Å². The van der Waals surface area contributed by atoms with Gasteiger partial charge in [0.15, 0.2) is 11.5 Å². The summed E-state index contributed by atoms with van der Waals surface area (Å²) in [4.78, 5) is 15.5. The van der Waals surface area contributed by atoms with Gasteiger partial charge in [-0.2, -0.15) is 0 Å². The zero-order chi connectivity index (χ0) is 20.8. The summed E-state index contributed by atoms with van der Waals surface area (Å²) in [5.74, 6) is 0.270. The molecule has 0 aliphatic heterocycles. The van der Waals surface area contributed by atoms with Crippen LogP contribution in [0.1, 0.15) is 32.6 Å². The monoisotopic (exact) mass is 389 g/mol. The Morgan fingerprint density at radius 1 is 0.966 bits per heavy atom. The lowest BCUT2D eigenvalue weighted by Crippen LogP contribution is -2.00. The van der Waals surface area contributed by atoms with Crippen molar-refractivity contribution in [2.75, 3.05) is 7.11 Å². The number of ether oxygens (including phenoxy) is 2. The molecule has 0 unspecified atom stereocenters. The number of rotatable bonds is 7. The number of benzene rings is 3. The molecule has 0 aliphatic carbocycles. The number of hydrogen-bond acceptors (Lipinski definition) is 4. The number of methoxy groups -OCH3 is 1. The van der Waals surface area contributed by atoms with Crippen LogP contribution in [0.3, 0.4) is 0 Å². The lowest BCUT2D eigenvalue weighted by Gasteiger charge is -2.11. The average Bonchev–Trinajstić information content (AvgIpc) is 2.73. The minimum atomic E-state index is -0.947. The van der Waals surface area contributed by atoms with E-state index >= 15 is 0 Å². The van der Waals surface area contributed by atoms with Crippen molar-refractivity contribution < 1.29 is 19.4 Å². The van der Waals surface area contributed by atoms with E-state index in [1.807, 2.05) is 24.3 Å². The van der Waals surface area contributed by atoms with Gasteiger partial charge < -0.3 is 14.6 Å². The van der Waals surface area contributed by atoms with Crippen molar-refractivity contribution in [3.63, 3.8) is 0 Å². The first-order valence-electron chi connectivity index (χ1n) is 9.20. The Bertz CT molecular complexity index is 1040. The zero-order valence-corrected chi connectivity index (χ0v) is 16.7. The van der Waals surface area contributed by atoms with Crippen LogP contribution in [0.2, 0.25) is 0 Å². The van der Waals surface area contributed by atoms with Crippen LogP contribution < -0.4 is 9.47 Å². The van der Waals surface area contributed by atoms with Crippen LogP contribution in [-0.2, 0) is 6.61 Å². The Kier molecular flexibility index (Phi) is 6.29. The topological polar surface area (TPSA) is 68.1 Å². The molecule has 3 rings (SSSR count). The van der Waals surface area contributed by atoms with Crippen molar-refractivity contribution in [2.24, 2.45) is 4.99 Å². The minimum absolute atomic E-state index is 0.249. The van der Waals surface area contributed by atoms with Crippen LogP contribution >= 0.6 is 0 Å². The number of nitrogens with zero attached hydrogens (tertiary/aromatic N) is 1. The molecule has 0 bridgehead atoms. The zero-order valence-electron chi connectivity index (χ0n) is 16.7. The molecule has 5 nitrogen and oxygen atoms in total. The molecule has 5 heteroatoms. The van der Waals surface area contributed by atoms with E-state index in [9.17, 15) is 4.79 Å². The van der Waals surface area contributed by atoms with Gasteiger partial charge in [0.25, 0.3) is 0 Å². The number of aliphatic imine (C=N–C) groups is 1. The summed E-state index contributed by atoms with van der Waals surface area (Å²) in [6.07, 6.45) is 1.79. The Hall–Kier alpha value is -3.60. The summed E-state index contributed by atoms with van der Waals surface area (Å²) in [6, 6.07) is 18.3. The van der Waals surface area contributed by atoms with Gasteiger partial charge in [0, 0.05) is 6.21 Å². The van der Waals surface area contributed by atoms with Crippen molar-refractivity contribution in [3.8, 4) is 11.5 Å². The minimum Gasteiger partial charge on any atom is -0.493 e. The first kappa shape index (κ1) is 20.1. The Balaban J connectivity index is 1.70. The summed E-state index contributed by atoms with van der Waals surface area (Å²) in [6.45, 7) is 4.46. The third-order valence-corrected chi connectivity index (χ3v) is 4.64. The summed E-state index contributed by atoms with van der Waals surface area (Å²) in [7, 11) is 1.59. The van der Waals surface area contributed by atoms with E-state index in [1.54, 1.807) is 37.6 Å². The molecule has 0 aliphatic rings. The van der Waals surface area contributed by atoms with E-state index in [4.69, 9.17) is 14.6 Å². The molecule has 29 heavy (non-hydrogen) atoms. The van der Waals surface area contributed by atoms with Gasteiger partial charge in [-0.25, -0.2) is 4.79 Å². The first-order chi connectivity index (χ1) is 14.0. The van der Waals surface area contributed by atoms with E-state index in [1.165, 1.54) is 11.1 Å². The molecule has 148 valence electrons. The number of aryl methyl sites for hydroxylation is 2. The molecule has 0 atom stereocenters. The molecule has 0 spiro atoms. The van der Waals surface area contributed by atoms with Gasteiger partial charge in [0.1, 0.15) is 6.61 Å². The fourth-order valence-electron chi connectivity index (χ4n) is 2.74. The second kappa shape index (κ2) is 9.06. The van der Waals surface area contributed by atoms with E-state index in [0.29, 0.717) is 18.1 Å². The quantitative estimate of drug-likeness (QED) is 0.554. The maximum atomic E-state index is 10.9. The highest BCUT2D eigenvalue weighted by atomic mass is 16.5. The SMILES string of the molecule is COc1cc(C=Nc2ccc(C)c(C)c2)ccc1OCc1ccc(C(=O)O)cc1. The van der Waals surface area contributed by atoms with E-state index < -0.39 is 5.97 Å². The van der Waals surface area contributed by atoms with E-state index in [2.05, 4.69) is 31.0 Å². The van der Waals surface area contributed by atoms with Crippen LogP contribution in [0.25, 0.3) is 0 Å². The molecule has 3 aromatic rings. The fraction of sp³-hybridized carbons (Fsp3) is 0.167. The van der Waals surface area contributed by atoms with Gasteiger partial charge in [-0.05, 0) is 78.6 Å². The van der Waals surface area contributed by atoms with Crippen LogP contribution in [0.4, 0.5) is 5.69 Å². The maximum Gasteiger partial charge on any atom is 0.335 e. The largest absolute Gasteiger partial charge is 0.493 e. The van der Waals surface area contributed by atoms with E-state index in [0.717, 1.165) is 16.8 Å². The third kappa shape index (κ3) is 5.23. The average molecular weight is 389 g/mol. The lowest BCUT2D eigenvalue weighted by molar-refractivity contribution is 0.0697. The standard InChI is InChI=1S/C24H23NO4/c1-16-4-10-21(12-17(16)2)25-14-19-7-11-22(23(13-19)28-3)29-15-18-5-8-20(9-6-18)24(26)27/h4-14H,15H2,1-3H3,(H,26,27). The van der Waals surface area contributed by atoms with Crippen molar-refractivity contribution in [1.29, 1.82) is 0 Å². The van der Waals surface area contributed by atoms with Gasteiger partial charge >= 0.3 is 5.97 Å². The predicted molar refractivity (Wildman–Crippen MR) is 114 cm³/mol. The number of carboxylic acids is 1. The third-order valence-electron chi connectivity index (χ3n) is 4.64. The molecule has 0 heterocycles. The Morgan fingerprint density at radius 3 is 2.38 bits per heavy atom. The van der Waals surface area contributed by atoms with Crippen molar-refractivity contribution >= 4 is 17.9 Å². The van der Waals surface area contributed by atoms with E-state index in [-0.39, 0.29) is 5.56 Å². The maximum absolute atomic E-state index is 10.9. The van der Waals surface area contributed by atoms with Gasteiger partial charge in [-0.1, -0.05) is 18.2 Å². The van der Waals surface area contributed by atoms with Crippen LogP contribution in [0.15, 0.2) is 65.7 Å². The number of carboxylic acid groups (broad SMARTS) is 1. The lowest BCUT2D eigenvalue weighted by atomic mass is 10.1. The molecule has 1 N–H and O–H groups in total. The highest BCUT2D eigenvalue weighted by Gasteiger charge is 2.07. The van der Waals surface area contributed by atoms with Crippen molar-refractivity contribution in [3.05, 3.63) is 88.5 Å². The molecule has 3 aromatic carbocycles. The highest BCUT2D eigenvalue weighted by Crippen LogP contribution is 2.29. The summed E-state index contributed by atoms with van der Waals surface area (Å²) in [5.41, 5.74) is 5.37. The van der Waals surface area contributed by atoms with Crippen LogP contribution in [0.5, 0.6) is 11.5 Å². The van der Waals surface area contributed by atoms with Gasteiger partial charge in [0.05, 0.1) is 18.4 Å². The molecule has 0 saturated heterocycles. The summed E-state index contributed by atoms with van der Waals surface area (Å²) < 4.78 is 11.3. The van der Waals surface area contributed by atoms with Crippen molar-refractivity contribution in [2.45, 2.75) is 20.5 Å². The van der Waals surface area contributed by atoms with Gasteiger partial charge in [-0.3, -0.25) is 4.99 Å². The highest BCUT2D eigenvalue weighted by molar-refractivity contribution is 5.87. The summed E-state index contributed by atoms with van der Waals surface area (Å²) in [5, 5.41) is 8.96. The second-order valence-electron chi connectivity index (χ2n) is 6.73.